The van der Waals surface area contributed by atoms with Gasteiger partial charge in [-0.15, -0.1) is 0 Å². The summed E-state index contributed by atoms with van der Waals surface area (Å²) in [5.41, 5.74) is 1.17. The quantitative estimate of drug-likeness (QED) is 0.608. The van der Waals surface area contributed by atoms with Crippen LogP contribution in [0.5, 0.6) is 17.2 Å². The van der Waals surface area contributed by atoms with Crippen molar-refractivity contribution in [3.63, 3.8) is 0 Å². The van der Waals surface area contributed by atoms with Gasteiger partial charge in [0.2, 0.25) is 5.75 Å². The molecule has 52 valence electrons. The van der Waals surface area contributed by atoms with E-state index in [0.29, 0.717) is 5.75 Å². The average Bonchev–Trinajstić information content (AvgIpc) is 2.68. The van der Waals surface area contributed by atoms with Gasteiger partial charge in [0.1, 0.15) is 0 Å². The Balaban J connectivity index is 2.53. The third kappa shape index (κ3) is 0.588. The van der Waals surface area contributed by atoms with E-state index in [1.807, 2.05) is 6.07 Å². The van der Waals surface area contributed by atoms with Crippen LogP contribution in [0.2, 0.25) is 0 Å². The molecule has 1 heterocycles. The summed E-state index contributed by atoms with van der Waals surface area (Å²) in [6, 6.07) is 3.56. The van der Waals surface area contributed by atoms with Crippen molar-refractivity contribution in [2.24, 2.45) is 0 Å². The molecule has 1 aliphatic heterocycles. The molecule has 0 atom stereocenters. The maximum absolute atomic E-state index is 9.07. The number of phenols is 1. The molecule has 0 amide bonds. The van der Waals surface area contributed by atoms with Crippen molar-refractivity contribution >= 4 is 0 Å². The standard InChI is InChI=1S/C8H8O2/c1-2-5-3-4-6(9)8-7(5)10-8/h3-4,9H,2H2,1H3. The lowest BCUT2D eigenvalue weighted by atomic mass is 10.2. The minimum absolute atomic E-state index is 0.257. The molecule has 0 saturated carbocycles. The molecule has 0 spiro atoms. The topological polar surface area (TPSA) is 32.8 Å². The largest absolute Gasteiger partial charge is 0.504 e. The average molecular weight is 136 g/mol. The van der Waals surface area contributed by atoms with Gasteiger partial charge in [-0.2, -0.15) is 0 Å². The van der Waals surface area contributed by atoms with Crippen molar-refractivity contribution in [3.05, 3.63) is 17.7 Å². The minimum atomic E-state index is 0.257. The number of hydrogen-bond acceptors (Lipinski definition) is 2. The molecular formula is C8H8O2. The van der Waals surface area contributed by atoms with E-state index in [-0.39, 0.29) is 5.75 Å². The van der Waals surface area contributed by atoms with E-state index in [2.05, 4.69) is 6.92 Å². The van der Waals surface area contributed by atoms with Crippen molar-refractivity contribution in [1.82, 2.24) is 0 Å². The second-order valence-corrected chi connectivity index (χ2v) is 2.36. The molecule has 1 aromatic carbocycles. The summed E-state index contributed by atoms with van der Waals surface area (Å²) in [4.78, 5) is 0. The molecule has 0 saturated heterocycles. The summed E-state index contributed by atoms with van der Waals surface area (Å²) in [7, 11) is 0. The van der Waals surface area contributed by atoms with Crippen molar-refractivity contribution in [1.29, 1.82) is 0 Å². The molecule has 0 bridgehead atoms. The highest BCUT2D eigenvalue weighted by atomic mass is 16.6. The minimum Gasteiger partial charge on any atom is -0.504 e. The van der Waals surface area contributed by atoms with Crippen molar-refractivity contribution in [3.8, 4) is 17.2 Å². The molecular weight excluding hydrogens is 128 g/mol. The maximum Gasteiger partial charge on any atom is 0.211 e. The summed E-state index contributed by atoms with van der Waals surface area (Å²) in [6.45, 7) is 2.06. The molecule has 1 N–H and O–H groups in total. The molecule has 0 radical (unpaired) electrons. The summed E-state index contributed by atoms with van der Waals surface area (Å²) in [5.74, 6) is 1.80. The normalized spacial score (nSPS) is 12.1. The third-order valence-corrected chi connectivity index (χ3v) is 1.72. The van der Waals surface area contributed by atoms with Gasteiger partial charge in [-0.05, 0) is 18.1 Å². The maximum atomic E-state index is 9.07. The molecule has 2 heteroatoms. The first-order chi connectivity index (χ1) is 4.83. The van der Waals surface area contributed by atoms with Crippen molar-refractivity contribution < 1.29 is 9.84 Å². The lowest BCUT2D eigenvalue weighted by molar-refractivity contribution is 0.463. The zero-order chi connectivity index (χ0) is 7.14. The van der Waals surface area contributed by atoms with Crippen molar-refractivity contribution in [2.45, 2.75) is 13.3 Å². The van der Waals surface area contributed by atoms with Gasteiger partial charge in [-0.1, -0.05) is 13.0 Å². The highest BCUT2D eigenvalue weighted by Crippen LogP contribution is 2.54. The molecule has 10 heavy (non-hydrogen) atoms. The second kappa shape index (κ2) is 1.66. The molecule has 2 rings (SSSR count). The van der Waals surface area contributed by atoms with Gasteiger partial charge in [-0.3, -0.25) is 0 Å². The summed E-state index contributed by atoms with van der Waals surface area (Å²) >= 11 is 0. The van der Waals surface area contributed by atoms with Gasteiger partial charge in [0.15, 0.2) is 11.5 Å². The van der Waals surface area contributed by atoms with Crippen molar-refractivity contribution in [2.75, 3.05) is 0 Å². The van der Waals surface area contributed by atoms with E-state index in [0.717, 1.165) is 12.2 Å². The van der Waals surface area contributed by atoms with Crippen LogP contribution in [0.15, 0.2) is 12.1 Å². The monoisotopic (exact) mass is 136 g/mol. The molecule has 0 aromatic heterocycles. The van der Waals surface area contributed by atoms with Crippen LogP contribution in [-0.2, 0) is 6.42 Å². The van der Waals surface area contributed by atoms with Gasteiger partial charge in [0, 0.05) is 0 Å². The molecule has 0 aliphatic carbocycles. The van der Waals surface area contributed by atoms with E-state index >= 15 is 0 Å². The van der Waals surface area contributed by atoms with E-state index < -0.39 is 0 Å². The number of ether oxygens (including phenoxy) is 1. The van der Waals surface area contributed by atoms with Gasteiger partial charge >= 0.3 is 0 Å². The van der Waals surface area contributed by atoms with Crippen LogP contribution < -0.4 is 4.74 Å². The fraction of sp³-hybridized carbons (Fsp3) is 0.250. The lowest BCUT2D eigenvalue weighted by Crippen LogP contribution is -1.71. The van der Waals surface area contributed by atoms with Gasteiger partial charge in [0.25, 0.3) is 0 Å². The number of hydrogen-bond donors (Lipinski definition) is 1. The highest BCUT2D eigenvalue weighted by molar-refractivity contribution is 5.66. The Hall–Kier alpha value is -1.18. The Kier molecular flexibility index (Phi) is 0.926. The van der Waals surface area contributed by atoms with E-state index in [9.17, 15) is 0 Å². The van der Waals surface area contributed by atoms with Crippen LogP contribution in [-0.4, -0.2) is 5.11 Å². The van der Waals surface area contributed by atoms with Crippen LogP contribution in [0.4, 0.5) is 0 Å². The van der Waals surface area contributed by atoms with Crippen LogP contribution in [0.1, 0.15) is 12.5 Å². The summed E-state index contributed by atoms with van der Waals surface area (Å²) < 4.78 is 5.04. The zero-order valence-electron chi connectivity index (χ0n) is 5.72. The zero-order valence-corrected chi connectivity index (χ0v) is 5.72. The molecule has 0 unspecified atom stereocenters. The summed E-state index contributed by atoms with van der Waals surface area (Å²) in [5, 5.41) is 9.07. The third-order valence-electron chi connectivity index (χ3n) is 1.72. The predicted molar refractivity (Wildman–Crippen MR) is 37.6 cm³/mol. The van der Waals surface area contributed by atoms with Crippen LogP contribution in [0, 0.1) is 0 Å². The number of rotatable bonds is 1. The Morgan fingerprint density at radius 2 is 2.20 bits per heavy atom. The number of benzene rings is 1. The SMILES string of the molecule is CCc1ccc(O)c2c1O2. The Bertz CT molecular complexity index is 279. The fourth-order valence-corrected chi connectivity index (χ4v) is 1.07. The van der Waals surface area contributed by atoms with Crippen LogP contribution in [0.25, 0.3) is 0 Å². The highest BCUT2D eigenvalue weighted by Gasteiger charge is 2.27. The molecule has 2 nitrogen and oxygen atoms in total. The van der Waals surface area contributed by atoms with E-state index in [4.69, 9.17) is 9.84 Å². The Morgan fingerprint density at radius 3 is 2.90 bits per heavy atom. The van der Waals surface area contributed by atoms with Gasteiger partial charge in [-0.25, -0.2) is 0 Å². The van der Waals surface area contributed by atoms with E-state index in [1.54, 1.807) is 6.07 Å². The first-order valence-corrected chi connectivity index (χ1v) is 3.35. The summed E-state index contributed by atoms with van der Waals surface area (Å²) in [6.07, 6.45) is 0.961. The Labute approximate surface area is 59.1 Å². The lowest BCUT2D eigenvalue weighted by Gasteiger charge is -1.87. The first-order valence-electron chi connectivity index (χ1n) is 3.35. The fourth-order valence-electron chi connectivity index (χ4n) is 1.07. The molecule has 1 aromatic rings. The first kappa shape index (κ1) is 5.59. The molecule has 0 fully saturated rings. The van der Waals surface area contributed by atoms with E-state index in [1.165, 1.54) is 5.56 Å². The van der Waals surface area contributed by atoms with Crippen LogP contribution in [0.3, 0.4) is 0 Å². The van der Waals surface area contributed by atoms with Gasteiger partial charge in [0.05, 0.1) is 0 Å². The number of fused-ring (bicyclic) bond motifs is 1. The predicted octanol–water partition coefficient (Wildman–Crippen LogP) is 2.06. The number of phenolic OH excluding ortho intramolecular Hbond substituents is 1. The number of aromatic hydroxyl groups is 1. The Morgan fingerprint density at radius 1 is 1.40 bits per heavy atom. The smallest absolute Gasteiger partial charge is 0.211 e. The van der Waals surface area contributed by atoms with Gasteiger partial charge < -0.3 is 9.84 Å². The number of aryl methyl sites for hydroxylation is 1. The second-order valence-electron chi connectivity index (χ2n) is 2.36. The molecule has 1 aliphatic rings. The van der Waals surface area contributed by atoms with Crippen LogP contribution >= 0.6 is 0 Å².